The second-order valence-corrected chi connectivity index (χ2v) is 5.89. The van der Waals surface area contributed by atoms with Gasteiger partial charge in [-0.2, -0.15) is 0 Å². The summed E-state index contributed by atoms with van der Waals surface area (Å²) in [7, 11) is 0. The molecule has 0 unspecified atom stereocenters. The number of rotatable bonds is 7. The molecule has 25 heavy (non-hydrogen) atoms. The second-order valence-electron chi connectivity index (χ2n) is 5.89. The molecule has 0 aliphatic heterocycles. The lowest BCUT2D eigenvalue weighted by Crippen LogP contribution is -2.34. The molecule has 1 amide bonds. The molecule has 1 atom stereocenters. The van der Waals surface area contributed by atoms with Crippen LogP contribution in [0, 0.1) is 5.82 Å². The van der Waals surface area contributed by atoms with E-state index in [-0.39, 0.29) is 17.8 Å². The SMILES string of the molecule is CC[C@@H](C)NC(=O)c1cnc(-c2ccc(F)cc2)nc1N(CC)CC. The first kappa shape index (κ1) is 18.8. The van der Waals surface area contributed by atoms with Crippen LogP contribution >= 0.6 is 0 Å². The first-order chi connectivity index (χ1) is 12.0. The molecule has 0 spiro atoms. The molecular weight excluding hydrogens is 319 g/mol. The number of benzene rings is 1. The van der Waals surface area contributed by atoms with Crippen LogP contribution in [0.2, 0.25) is 0 Å². The van der Waals surface area contributed by atoms with E-state index in [1.54, 1.807) is 18.3 Å². The molecule has 0 saturated carbocycles. The van der Waals surface area contributed by atoms with E-state index in [0.29, 0.717) is 22.8 Å². The minimum Gasteiger partial charge on any atom is -0.356 e. The summed E-state index contributed by atoms with van der Waals surface area (Å²) < 4.78 is 13.1. The fourth-order valence-electron chi connectivity index (χ4n) is 2.44. The molecule has 5 nitrogen and oxygen atoms in total. The molecule has 0 aliphatic rings. The highest BCUT2D eigenvalue weighted by Crippen LogP contribution is 2.23. The predicted molar refractivity (Wildman–Crippen MR) is 98.2 cm³/mol. The molecule has 2 aromatic rings. The van der Waals surface area contributed by atoms with E-state index in [4.69, 9.17) is 0 Å². The Balaban J connectivity index is 2.46. The van der Waals surface area contributed by atoms with Crippen molar-refractivity contribution < 1.29 is 9.18 Å². The van der Waals surface area contributed by atoms with Crippen LogP contribution in [-0.4, -0.2) is 35.0 Å². The molecule has 0 bridgehead atoms. The van der Waals surface area contributed by atoms with Crippen molar-refractivity contribution in [2.24, 2.45) is 0 Å². The van der Waals surface area contributed by atoms with Gasteiger partial charge in [0.15, 0.2) is 5.82 Å². The molecule has 0 aliphatic carbocycles. The first-order valence-corrected chi connectivity index (χ1v) is 8.68. The van der Waals surface area contributed by atoms with Crippen LogP contribution in [0.5, 0.6) is 0 Å². The van der Waals surface area contributed by atoms with Crippen LogP contribution in [0.15, 0.2) is 30.5 Å². The molecule has 1 aromatic heterocycles. The van der Waals surface area contributed by atoms with Crippen molar-refractivity contribution in [3.63, 3.8) is 0 Å². The summed E-state index contributed by atoms with van der Waals surface area (Å²) in [6, 6.07) is 6.10. The van der Waals surface area contributed by atoms with Gasteiger partial charge in [0.25, 0.3) is 5.91 Å². The van der Waals surface area contributed by atoms with E-state index < -0.39 is 0 Å². The maximum Gasteiger partial charge on any atom is 0.256 e. The third kappa shape index (κ3) is 4.53. The van der Waals surface area contributed by atoms with E-state index in [0.717, 1.165) is 19.5 Å². The zero-order valence-corrected chi connectivity index (χ0v) is 15.2. The van der Waals surface area contributed by atoms with Crippen LogP contribution in [0.4, 0.5) is 10.2 Å². The Morgan fingerprint density at radius 2 is 1.84 bits per heavy atom. The van der Waals surface area contributed by atoms with Crippen LogP contribution < -0.4 is 10.2 Å². The van der Waals surface area contributed by atoms with Crippen molar-refractivity contribution in [1.29, 1.82) is 0 Å². The monoisotopic (exact) mass is 344 g/mol. The molecule has 1 N–H and O–H groups in total. The minimum atomic E-state index is -0.308. The largest absolute Gasteiger partial charge is 0.356 e. The number of nitrogens with zero attached hydrogens (tertiary/aromatic N) is 3. The molecule has 0 saturated heterocycles. The topological polar surface area (TPSA) is 58.1 Å². The van der Waals surface area contributed by atoms with Gasteiger partial charge in [-0.25, -0.2) is 14.4 Å². The zero-order chi connectivity index (χ0) is 18.4. The Morgan fingerprint density at radius 3 is 2.40 bits per heavy atom. The average Bonchev–Trinajstić information content (AvgIpc) is 2.63. The average molecular weight is 344 g/mol. The van der Waals surface area contributed by atoms with Gasteiger partial charge in [0.1, 0.15) is 17.2 Å². The fourth-order valence-corrected chi connectivity index (χ4v) is 2.44. The van der Waals surface area contributed by atoms with Gasteiger partial charge in [-0.1, -0.05) is 6.92 Å². The summed E-state index contributed by atoms with van der Waals surface area (Å²) in [4.78, 5) is 23.5. The number of aromatic nitrogens is 2. The van der Waals surface area contributed by atoms with Crippen molar-refractivity contribution in [1.82, 2.24) is 15.3 Å². The van der Waals surface area contributed by atoms with Gasteiger partial charge in [0.2, 0.25) is 0 Å². The Hall–Kier alpha value is -2.50. The van der Waals surface area contributed by atoms with E-state index in [1.807, 2.05) is 32.6 Å². The molecule has 2 rings (SSSR count). The molecule has 6 heteroatoms. The van der Waals surface area contributed by atoms with E-state index in [9.17, 15) is 9.18 Å². The minimum absolute atomic E-state index is 0.0776. The molecule has 1 aromatic carbocycles. The van der Waals surface area contributed by atoms with Crippen LogP contribution in [0.3, 0.4) is 0 Å². The molecular formula is C19H25FN4O. The summed E-state index contributed by atoms with van der Waals surface area (Å²) in [6.45, 7) is 9.45. The van der Waals surface area contributed by atoms with E-state index in [1.165, 1.54) is 12.1 Å². The summed E-state index contributed by atoms with van der Waals surface area (Å²) in [5.41, 5.74) is 1.17. The predicted octanol–water partition coefficient (Wildman–Crippen LogP) is 3.66. The smallest absolute Gasteiger partial charge is 0.256 e. The number of amides is 1. The lowest BCUT2D eigenvalue weighted by molar-refractivity contribution is 0.0939. The highest BCUT2D eigenvalue weighted by Gasteiger charge is 2.20. The first-order valence-electron chi connectivity index (χ1n) is 8.68. The van der Waals surface area contributed by atoms with Crippen LogP contribution in [0.1, 0.15) is 44.5 Å². The van der Waals surface area contributed by atoms with Crippen molar-refractivity contribution in [2.45, 2.75) is 40.2 Å². The zero-order valence-electron chi connectivity index (χ0n) is 15.2. The molecule has 1 heterocycles. The Labute approximate surface area is 148 Å². The number of hydrogen-bond donors (Lipinski definition) is 1. The Morgan fingerprint density at radius 1 is 1.20 bits per heavy atom. The Kier molecular flexibility index (Phi) is 6.44. The second kappa shape index (κ2) is 8.55. The summed E-state index contributed by atoms with van der Waals surface area (Å²) in [6.07, 6.45) is 2.40. The number of hydrogen-bond acceptors (Lipinski definition) is 4. The van der Waals surface area contributed by atoms with Gasteiger partial charge in [-0.15, -0.1) is 0 Å². The van der Waals surface area contributed by atoms with Gasteiger partial charge in [0, 0.05) is 30.9 Å². The van der Waals surface area contributed by atoms with Crippen LogP contribution in [-0.2, 0) is 0 Å². The van der Waals surface area contributed by atoms with Crippen molar-refractivity contribution >= 4 is 11.7 Å². The lowest BCUT2D eigenvalue weighted by Gasteiger charge is -2.23. The van der Waals surface area contributed by atoms with Crippen molar-refractivity contribution in [2.75, 3.05) is 18.0 Å². The maximum atomic E-state index is 13.1. The maximum absolute atomic E-state index is 13.1. The van der Waals surface area contributed by atoms with Crippen LogP contribution in [0.25, 0.3) is 11.4 Å². The molecule has 0 fully saturated rings. The number of carbonyl (C=O) groups excluding carboxylic acids is 1. The third-order valence-electron chi connectivity index (χ3n) is 4.17. The van der Waals surface area contributed by atoms with Gasteiger partial charge < -0.3 is 10.2 Å². The standard InChI is InChI=1S/C19H25FN4O/c1-5-13(4)22-19(25)16-12-21-17(14-8-10-15(20)11-9-14)23-18(16)24(6-2)7-3/h8-13H,5-7H2,1-4H3,(H,22,25)/t13-/m1/s1. The number of nitrogens with one attached hydrogen (secondary N) is 1. The quantitative estimate of drug-likeness (QED) is 0.833. The number of anilines is 1. The highest BCUT2D eigenvalue weighted by molar-refractivity contribution is 5.99. The molecule has 0 radical (unpaired) electrons. The number of carbonyl (C=O) groups is 1. The lowest BCUT2D eigenvalue weighted by atomic mass is 10.2. The Bertz CT molecular complexity index is 714. The van der Waals surface area contributed by atoms with Gasteiger partial charge in [-0.3, -0.25) is 4.79 Å². The van der Waals surface area contributed by atoms with Crippen molar-refractivity contribution in [3.8, 4) is 11.4 Å². The number of halogens is 1. The molecule has 134 valence electrons. The highest BCUT2D eigenvalue weighted by atomic mass is 19.1. The summed E-state index contributed by atoms with van der Waals surface area (Å²) in [5, 5.41) is 2.96. The van der Waals surface area contributed by atoms with Gasteiger partial charge in [-0.05, 0) is 51.5 Å². The fraction of sp³-hybridized carbons (Fsp3) is 0.421. The van der Waals surface area contributed by atoms with Gasteiger partial charge >= 0.3 is 0 Å². The summed E-state index contributed by atoms with van der Waals surface area (Å²) in [5.74, 6) is 0.585. The van der Waals surface area contributed by atoms with E-state index in [2.05, 4.69) is 15.3 Å². The third-order valence-corrected chi connectivity index (χ3v) is 4.17. The van der Waals surface area contributed by atoms with Crippen molar-refractivity contribution in [3.05, 3.63) is 41.8 Å². The van der Waals surface area contributed by atoms with E-state index >= 15 is 0 Å². The van der Waals surface area contributed by atoms with Gasteiger partial charge in [0.05, 0.1) is 0 Å². The summed E-state index contributed by atoms with van der Waals surface area (Å²) >= 11 is 0. The normalized spacial score (nSPS) is 11.9.